The van der Waals surface area contributed by atoms with Gasteiger partial charge in [-0.05, 0) is 32.9 Å². The molecule has 1 rings (SSSR count). The predicted molar refractivity (Wildman–Crippen MR) is 86.9 cm³/mol. The van der Waals surface area contributed by atoms with Crippen LogP contribution in [0.25, 0.3) is 0 Å². The molecular formula is C14H22N2O3S2. The van der Waals surface area contributed by atoms with E-state index >= 15 is 0 Å². The van der Waals surface area contributed by atoms with Crippen molar-refractivity contribution in [3.8, 4) is 0 Å². The van der Waals surface area contributed by atoms with Crippen LogP contribution in [0.4, 0.5) is 0 Å². The number of carbonyl (C=O) groups is 1. The summed E-state index contributed by atoms with van der Waals surface area (Å²) < 4.78 is 24.4. The van der Waals surface area contributed by atoms with Crippen molar-refractivity contribution in [3.63, 3.8) is 0 Å². The Kier molecular flexibility index (Phi) is 6.70. The summed E-state index contributed by atoms with van der Waals surface area (Å²) in [4.78, 5) is 13.0. The quantitative estimate of drug-likeness (QED) is 0.744. The second kappa shape index (κ2) is 7.82. The van der Waals surface area contributed by atoms with Gasteiger partial charge in [0, 0.05) is 16.7 Å². The van der Waals surface area contributed by atoms with E-state index in [-0.39, 0.29) is 11.9 Å². The van der Waals surface area contributed by atoms with Crippen LogP contribution in [-0.2, 0) is 14.8 Å². The monoisotopic (exact) mass is 330 g/mol. The Labute approximate surface area is 130 Å². The van der Waals surface area contributed by atoms with E-state index in [2.05, 4.69) is 10.0 Å². The number of amides is 1. The number of nitrogens with one attached hydrogen (secondary N) is 2. The molecule has 0 fully saturated rings. The van der Waals surface area contributed by atoms with Crippen LogP contribution in [0.2, 0.25) is 0 Å². The van der Waals surface area contributed by atoms with Crippen LogP contribution in [0.15, 0.2) is 29.2 Å². The Morgan fingerprint density at radius 2 is 1.81 bits per heavy atom. The van der Waals surface area contributed by atoms with E-state index in [1.165, 1.54) is 12.5 Å². The van der Waals surface area contributed by atoms with Gasteiger partial charge in [0.05, 0.1) is 12.3 Å². The minimum atomic E-state index is -3.38. The van der Waals surface area contributed by atoms with Gasteiger partial charge in [-0.2, -0.15) is 0 Å². The number of aryl methyl sites for hydroxylation is 1. The van der Waals surface area contributed by atoms with Crippen LogP contribution in [0.3, 0.4) is 0 Å². The third-order valence-corrected chi connectivity index (χ3v) is 4.75. The minimum Gasteiger partial charge on any atom is -0.351 e. The van der Waals surface area contributed by atoms with Crippen LogP contribution in [-0.4, -0.2) is 38.4 Å². The lowest BCUT2D eigenvalue weighted by Gasteiger charge is -2.17. The summed E-state index contributed by atoms with van der Waals surface area (Å²) in [5, 5.41) is 2.80. The fourth-order valence-electron chi connectivity index (χ4n) is 1.64. The lowest BCUT2D eigenvalue weighted by atomic mass is 10.2. The number of carbonyl (C=O) groups excluding carboxylic acids is 1. The fraction of sp³-hybridized carbons (Fsp3) is 0.500. The summed E-state index contributed by atoms with van der Waals surface area (Å²) in [5.74, 6) is 0.401. The van der Waals surface area contributed by atoms with Crippen molar-refractivity contribution in [2.75, 3.05) is 12.0 Å². The minimum absolute atomic E-state index is 0.0485. The first-order valence-electron chi connectivity index (χ1n) is 6.64. The molecule has 0 aliphatic heterocycles. The molecule has 0 heterocycles. The molecule has 5 nitrogen and oxygen atoms in total. The van der Waals surface area contributed by atoms with Crippen LogP contribution < -0.4 is 10.0 Å². The van der Waals surface area contributed by atoms with Crippen LogP contribution >= 0.6 is 11.8 Å². The largest absolute Gasteiger partial charge is 0.351 e. The van der Waals surface area contributed by atoms with Gasteiger partial charge in [-0.15, -0.1) is 11.8 Å². The maximum absolute atomic E-state index is 11.8. The molecule has 0 radical (unpaired) electrons. The molecule has 0 unspecified atom stereocenters. The summed E-state index contributed by atoms with van der Waals surface area (Å²) in [5.41, 5.74) is 1.21. The Hall–Kier alpha value is -1.05. The third-order valence-electron chi connectivity index (χ3n) is 2.69. The number of hydrogen-bond acceptors (Lipinski definition) is 4. The maximum atomic E-state index is 11.8. The molecule has 2 atom stereocenters. The van der Waals surface area contributed by atoms with Crippen molar-refractivity contribution in [1.29, 1.82) is 0 Å². The number of hydrogen-bond donors (Lipinski definition) is 2. The van der Waals surface area contributed by atoms with Crippen molar-refractivity contribution < 1.29 is 13.2 Å². The number of rotatable bonds is 7. The summed E-state index contributed by atoms with van der Waals surface area (Å²) in [6.45, 7) is 5.45. The molecule has 0 aromatic heterocycles. The Bertz CT molecular complexity index is 570. The van der Waals surface area contributed by atoms with Gasteiger partial charge in [0.25, 0.3) is 0 Å². The summed E-state index contributed by atoms with van der Waals surface area (Å²) in [7, 11) is -3.38. The summed E-state index contributed by atoms with van der Waals surface area (Å²) in [6.07, 6.45) is 1.04. The zero-order valence-corrected chi connectivity index (χ0v) is 14.3. The van der Waals surface area contributed by atoms with E-state index in [9.17, 15) is 13.2 Å². The molecule has 0 saturated carbocycles. The fourth-order valence-corrected chi connectivity index (χ4v) is 3.24. The first-order valence-corrected chi connectivity index (χ1v) is 9.52. The molecule has 2 N–H and O–H groups in total. The summed E-state index contributed by atoms with van der Waals surface area (Å²) >= 11 is 1.65. The number of sulfonamides is 1. The Morgan fingerprint density at radius 3 is 2.33 bits per heavy atom. The molecule has 1 aromatic rings. The highest BCUT2D eigenvalue weighted by atomic mass is 32.2. The van der Waals surface area contributed by atoms with Crippen molar-refractivity contribution in [3.05, 3.63) is 29.8 Å². The van der Waals surface area contributed by atoms with Gasteiger partial charge in [-0.1, -0.05) is 17.7 Å². The normalized spacial score (nSPS) is 14.5. The van der Waals surface area contributed by atoms with E-state index in [1.54, 1.807) is 11.8 Å². The van der Waals surface area contributed by atoms with E-state index in [0.29, 0.717) is 0 Å². The lowest BCUT2D eigenvalue weighted by molar-refractivity contribution is -0.122. The van der Waals surface area contributed by atoms with Gasteiger partial charge in [0.1, 0.15) is 0 Å². The second-order valence-corrected chi connectivity index (χ2v) is 8.02. The molecule has 7 heteroatoms. The highest BCUT2D eigenvalue weighted by molar-refractivity contribution is 7.99. The van der Waals surface area contributed by atoms with E-state index in [1.807, 2.05) is 38.1 Å². The van der Waals surface area contributed by atoms with Gasteiger partial charge < -0.3 is 5.32 Å². The van der Waals surface area contributed by atoms with E-state index in [4.69, 9.17) is 0 Å². The molecule has 0 saturated heterocycles. The predicted octanol–water partition coefficient (Wildman–Crippen LogP) is 1.53. The van der Waals surface area contributed by atoms with Gasteiger partial charge in [0.2, 0.25) is 15.9 Å². The zero-order valence-electron chi connectivity index (χ0n) is 12.7. The molecule has 0 bridgehead atoms. The van der Waals surface area contributed by atoms with Crippen molar-refractivity contribution in [2.45, 2.75) is 37.8 Å². The van der Waals surface area contributed by atoms with Crippen molar-refractivity contribution in [1.82, 2.24) is 10.0 Å². The van der Waals surface area contributed by atoms with Crippen LogP contribution in [0.1, 0.15) is 19.4 Å². The first-order chi connectivity index (χ1) is 9.67. The average Bonchev–Trinajstić information content (AvgIpc) is 2.36. The average molecular weight is 330 g/mol. The summed E-state index contributed by atoms with van der Waals surface area (Å²) in [6, 6.07) is 7.36. The van der Waals surface area contributed by atoms with E-state index < -0.39 is 16.1 Å². The highest BCUT2D eigenvalue weighted by Crippen LogP contribution is 2.19. The SMILES string of the molecule is Cc1ccc(SC[C@H](C)NC(=O)[C@H](C)NS(C)(=O)=O)cc1. The Balaban J connectivity index is 2.40. The lowest BCUT2D eigenvalue weighted by Crippen LogP contribution is -2.47. The van der Waals surface area contributed by atoms with Crippen LogP contribution in [0.5, 0.6) is 0 Å². The standard InChI is InChI=1S/C14H22N2O3S2/c1-10-5-7-13(8-6-10)20-9-11(2)15-14(17)12(3)16-21(4,18)19/h5-8,11-12,16H,9H2,1-4H3,(H,15,17)/t11-,12-/m0/s1. The molecule has 0 aliphatic rings. The first kappa shape index (κ1) is 18.0. The highest BCUT2D eigenvalue weighted by Gasteiger charge is 2.18. The van der Waals surface area contributed by atoms with Gasteiger partial charge in [-0.3, -0.25) is 4.79 Å². The third kappa shape index (κ3) is 7.50. The van der Waals surface area contributed by atoms with Gasteiger partial charge in [0.15, 0.2) is 0 Å². The smallest absolute Gasteiger partial charge is 0.238 e. The second-order valence-electron chi connectivity index (χ2n) is 5.15. The molecule has 0 spiro atoms. The molecule has 1 aromatic carbocycles. The maximum Gasteiger partial charge on any atom is 0.238 e. The molecule has 0 aliphatic carbocycles. The topological polar surface area (TPSA) is 75.3 Å². The van der Waals surface area contributed by atoms with E-state index in [0.717, 1.165) is 16.9 Å². The van der Waals surface area contributed by atoms with Gasteiger partial charge in [-0.25, -0.2) is 13.1 Å². The number of thioether (sulfide) groups is 1. The number of benzene rings is 1. The Morgan fingerprint density at radius 1 is 1.24 bits per heavy atom. The zero-order chi connectivity index (χ0) is 16.0. The van der Waals surface area contributed by atoms with Crippen molar-refractivity contribution in [2.24, 2.45) is 0 Å². The molecule has 1 amide bonds. The van der Waals surface area contributed by atoms with Gasteiger partial charge >= 0.3 is 0 Å². The molecular weight excluding hydrogens is 308 g/mol. The van der Waals surface area contributed by atoms with Crippen molar-refractivity contribution >= 4 is 27.7 Å². The van der Waals surface area contributed by atoms with Crippen LogP contribution in [0, 0.1) is 6.92 Å². The molecule has 21 heavy (non-hydrogen) atoms. The molecule has 118 valence electrons.